The molecule has 5 nitrogen and oxygen atoms in total. The third-order valence-corrected chi connectivity index (χ3v) is 3.71. The Hall–Kier alpha value is -2.69. The summed E-state index contributed by atoms with van der Waals surface area (Å²) in [6.07, 6.45) is 4.44. The van der Waals surface area contributed by atoms with Gasteiger partial charge >= 0.3 is 0 Å². The summed E-state index contributed by atoms with van der Waals surface area (Å²) < 4.78 is 1.97. The maximum absolute atomic E-state index is 12.3. The predicted octanol–water partition coefficient (Wildman–Crippen LogP) is 2.53. The Morgan fingerprint density at radius 1 is 1.27 bits per heavy atom. The Bertz CT molecular complexity index is 808. The Balaban J connectivity index is 1.80. The second-order valence-corrected chi connectivity index (χ2v) is 5.15. The number of hydrogen-bond acceptors (Lipinski definition) is 3. The van der Waals surface area contributed by atoms with E-state index in [1.807, 2.05) is 41.8 Å². The third kappa shape index (κ3) is 2.70. The minimum Gasteiger partial charge on any atom is -0.346 e. The summed E-state index contributed by atoms with van der Waals surface area (Å²) in [6, 6.07) is 9.32. The van der Waals surface area contributed by atoms with Crippen molar-refractivity contribution in [1.29, 1.82) is 0 Å². The maximum atomic E-state index is 12.3. The first-order valence-electron chi connectivity index (χ1n) is 7.34. The number of fused-ring (bicyclic) bond motifs is 1. The molecule has 22 heavy (non-hydrogen) atoms. The van der Waals surface area contributed by atoms with Gasteiger partial charge in [-0.05, 0) is 37.6 Å². The van der Waals surface area contributed by atoms with Crippen molar-refractivity contribution >= 4 is 11.6 Å². The van der Waals surface area contributed by atoms with E-state index in [1.165, 1.54) is 0 Å². The van der Waals surface area contributed by atoms with Crippen LogP contribution in [0.2, 0.25) is 0 Å². The van der Waals surface area contributed by atoms with Crippen LogP contribution in [0.1, 0.15) is 34.4 Å². The van der Waals surface area contributed by atoms with Crippen molar-refractivity contribution in [3.8, 4) is 0 Å². The Morgan fingerprint density at radius 2 is 2.14 bits per heavy atom. The fourth-order valence-corrected chi connectivity index (χ4v) is 2.46. The summed E-state index contributed by atoms with van der Waals surface area (Å²) >= 11 is 0. The maximum Gasteiger partial charge on any atom is 0.253 e. The molecular weight excluding hydrogens is 276 g/mol. The number of aryl methyl sites for hydroxylation is 2. The van der Waals surface area contributed by atoms with Gasteiger partial charge in [-0.25, -0.2) is 4.98 Å². The first-order valence-corrected chi connectivity index (χ1v) is 7.34. The molecule has 1 amide bonds. The van der Waals surface area contributed by atoms with Crippen molar-refractivity contribution in [2.75, 3.05) is 0 Å². The van der Waals surface area contributed by atoms with Crippen LogP contribution in [0, 0.1) is 6.92 Å². The molecule has 0 aliphatic heterocycles. The molecule has 3 aromatic heterocycles. The average molecular weight is 294 g/mol. The highest BCUT2D eigenvalue weighted by atomic mass is 16.1. The molecule has 0 radical (unpaired) electrons. The lowest BCUT2D eigenvalue weighted by atomic mass is 10.2. The first kappa shape index (κ1) is 14.3. The fourth-order valence-electron chi connectivity index (χ4n) is 2.46. The summed E-state index contributed by atoms with van der Waals surface area (Å²) in [7, 11) is 0. The number of imidazole rings is 1. The summed E-state index contributed by atoms with van der Waals surface area (Å²) in [6.45, 7) is 4.52. The number of nitrogens with one attached hydrogen (secondary N) is 1. The van der Waals surface area contributed by atoms with Crippen LogP contribution in [0.15, 0.2) is 42.7 Å². The summed E-state index contributed by atoms with van der Waals surface area (Å²) in [4.78, 5) is 21.0. The number of rotatable bonds is 4. The zero-order valence-corrected chi connectivity index (χ0v) is 12.7. The Morgan fingerprint density at radius 3 is 2.86 bits per heavy atom. The van der Waals surface area contributed by atoms with E-state index in [0.29, 0.717) is 12.1 Å². The van der Waals surface area contributed by atoms with Crippen LogP contribution >= 0.6 is 0 Å². The number of pyridine rings is 2. The van der Waals surface area contributed by atoms with E-state index in [0.717, 1.165) is 29.1 Å². The van der Waals surface area contributed by atoms with Crippen LogP contribution < -0.4 is 5.32 Å². The minimum atomic E-state index is -0.112. The Kier molecular flexibility index (Phi) is 3.87. The predicted molar refractivity (Wildman–Crippen MR) is 84.7 cm³/mol. The zero-order valence-electron chi connectivity index (χ0n) is 12.7. The molecule has 3 rings (SSSR count). The number of hydrogen-bond donors (Lipinski definition) is 1. The third-order valence-electron chi connectivity index (χ3n) is 3.71. The van der Waals surface area contributed by atoms with Crippen molar-refractivity contribution < 1.29 is 4.79 Å². The lowest BCUT2D eigenvalue weighted by Gasteiger charge is -2.06. The first-order chi connectivity index (χ1) is 10.7. The number of nitrogens with zero attached hydrogens (tertiary/aromatic N) is 3. The summed E-state index contributed by atoms with van der Waals surface area (Å²) in [5.74, 6) is -0.112. The zero-order chi connectivity index (χ0) is 15.5. The molecule has 3 heterocycles. The number of carbonyl (C=O) groups excluding carboxylic acids is 1. The van der Waals surface area contributed by atoms with Gasteiger partial charge in [-0.15, -0.1) is 0 Å². The van der Waals surface area contributed by atoms with E-state index in [1.54, 1.807) is 12.3 Å². The van der Waals surface area contributed by atoms with E-state index in [9.17, 15) is 4.79 Å². The summed E-state index contributed by atoms with van der Waals surface area (Å²) in [5, 5.41) is 2.89. The molecule has 0 bridgehead atoms. The average Bonchev–Trinajstić information content (AvgIpc) is 2.89. The smallest absolute Gasteiger partial charge is 0.253 e. The van der Waals surface area contributed by atoms with Gasteiger partial charge in [-0.2, -0.15) is 0 Å². The molecule has 5 heteroatoms. The second kappa shape index (κ2) is 5.97. The second-order valence-electron chi connectivity index (χ2n) is 5.15. The number of amides is 1. The SMILES string of the molecule is CCc1nc2ccc(C(=O)NCc3ccccn3)cn2c1C. The van der Waals surface area contributed by atoms with Gasteiger partial charge < -0.3 is 9.72 Å². The molecule has 112 valence electrons. The van der Waals surface area contributed by atoms with Crippen LogP contribution in [0.3, 0.4) is 0 Å². The van der Waals surface area contributed by atoms with E-state index >= 15 is 0 Å². The molecule has 1 N–H and O–H groups in total. The van der Waals surface area contributed by atoms with Gasteiger partial charge in [0, 0.05) is 18.1 Å². The van der Waals surface area contributed by atoms with Crippen LogP contribution in [0.4, 0.5) is 0 Å². The molecule has 0 aromatic carbocycles. The van der Waals surface area contributed by atoms with Crippen LogP contribution in [0.5, 0.6) is 0 Å². The van der Waals surface area contributed by atoms with E-state index in [2.05, 4.69) is 22.2 Å². The van der Waals surface area contributed by atoms with E-state index in [4.69, 9.17) is 0 Å². The van der Waals surface area contributed by atoms with E-state index in [-0.39, 0.29) is 5.91 Å². The molecule has 0 fully saturated rings. The van der Waals surface area contributed by atoms with Gasteiger partial charge in [0.25, 0.3) is 5.91 Å². The van der Waals surface area contributed by atoms with Gasteiger partial charge in [0.2, 0.25) is 0 Å². The highest BCUT2D eigenvalue weighted by Crippen LogP contribution is 2.14. The molecule has 0 spiro atoms. The topological polar surface area (TPSA) is 59.3 Å². The normalized spacial score (nSPS) is 10.8. The van der Waals surface area contributed by atoms with E-state index < -0.39 is 0 Å². The standard InChI is InChI=1S/C17H18N4O/c1-3-15-12(2)21-11-13(7-8-16(21)20-15)17(22)19-10-14-6-4-5-9-18-14/h4-9,11H,3,10H2,1-2H3,(H,19,22). The minimum absolute atomic E-state index is 0.112. The van der Waals surface area contributed by atoms with Gasteiger partial charge in [-0.3, -0.25) is 9.78 Å². The monoisotopic (exact) mass is 294 g/mol. The van der Waals surface area contributed by atoms with Crippen molar-refractivity contribution in [2.24, 2.45) is 0 Å². The van der Waals surface area contributed by atoms with Gasteiger partial charge in [0.05, 0.1) is 23.5 Å². The number of aromatic nitrogens is 3. The summed E-state index contributed by atoms with van der Waals surface area (Å²) in [5.41, 5.74) is 4.47. The molecule has 0 unspecified atom stereocenters. The van der Waals surface area contributed by atoms with Gasteiger partial charge in [-0.1, -0.05) is 13.0 Å². The molecule has 0 saturated heterocycles. The molecule has 0 saturated carbocycles. The molecule has 0 atom stereocenters. The lowest BCUT2D eigenvalue weighted by molar-refractivity contribution is 0.0950. The van der Waals surface area contributed by atoms with Crippen molar-refractivity contribution in [2.45, 2.75) is 26.8 Å². The lowest BCUT2D eigenvalue weighted by Crippen LogP contribution is -2.23. The quantitative estimate of drug-likeness (QED) is 0.804. The molecule has 0 aliphatic carbocycles. The Labute approximate surface area is 129 Å². The molecule has 0 aliphatic rings. The number of carbonyl (C=O) groups is 1. The van der Waals surface area contributed by atoms with Crippen LogP contribution in [-0.2, 0) is 13.0 Å². The highest BCUT2D eigenvalue weighted by molar-refractivity contribution is 5.94. The van der Waals surface area contributed by atoms with Crippen LogP contribution in [0.25, 0.3) is 5.65 Å². The van der Waals surface area contributed by atoms with Crippen molar-refractivity contribution in [1.82, 2.24) is 19.7 Å². The highest BCUT2D eigenvalue weighted by Gasteiger charge is 2.10. The largest absolute Gasteiger partial charge is 0.346 e. The van der Waals surface area contributed by atoms with Gasteiger partial charge in [0.15, 0.2) is 0 Å². The van der Waals surface area contributed by atoms with Crippen molar-refractivity contribution in [3.63, 3.8) is 0 Å². The molecule has 3 aromatic rings. The van der Waals surface area contributed by atoms with Crippen molar-refractivity contribution in [3.05, 3.63) is 65.4 Å². The van der Waals surface area contributed by atoms with Gasteiger partial charge in [0.1, 0.15) is 5.65 Å². The molecular formula is C17H18N4O. The fraction of sp³-hybridized carbons (Fsp3) is 0.235. The van der Waals surface area contributed by atoms with Crippen LogP contribution in [-0.4, -0.2) is 20.3 Å².